The maximum absolute atomic E-state index is 11.0. The summed E-state index contributed by atoms with van der Waals surface area (Å²) in [5.41, 5.74) is 1.57. The van der Waals surface area contributed by atoms with Crippen LogP contribution in [0.3, 0.4) is 0 Å². The molecule has 0 saturated carbocycles. The van der Waals surface area contributed by atoms with E-state index in [1.165, 1.54) is 6.92 Å². The zero-order valence-electron chi connectivity index (χ0n) is 8.65. The molecule has 1 rings (SSSR count). The van der Waals surface area contributed by atoms with E-state index in [2.05, 4.69) is 5.43 Å². The average molecular weight is 210 g/mol. The number of benzene rings is 1. The molecule has 0 aromatic heterocycles. The summed E-state index contributed by atoms with van der Waals surface area (Å²) in [5.74, 6) is 4.89. The Morgan fingerprint density at radius 1 is 1.47 bits per heavy atom. The first-order valence-electron chi connectivity index (χ1n) is 4.40. The highest BCUT2D eigenvalue weighted by molar-refractivity contribution is 5.80. The van der Waals surface area contributed by atoms with Crippen LogP contribution in [-0.4, -0.2) is 18.2 Å². The van der Waals surface area contributed by atoms with Crippen molar-refractivity contribution in [2.24, 2.45) is 5.84 Å². The van der Waals surface area contributed by atoms with Gasteiger partial charge < -0.3 is 9.84 Å². The number of nitrogens with one attached hydrogen (secondary N) is 1. The minimum atomic E-state index is -1.29. The third kappa shape index (κ3) is 2.08. The molecule has 5 heteroatoms. The van der Waals surface area contributed by atoms with Crippen molar-refractivity contribution in [2.45, 2.75) is 12.5 Å². The Morgan fingerprint density at radius 2 is 2.00 bits per heavy atom. The number of ether oxygens (including phenoxy) is 1. The molecule has 0 radical (unpaired) electrons. The van der Waals surface area contributed by atoms with Crippen LogP contribution in [0, 0.1) is 0 Å². The molecule has 4 N–H and O–H groups in total. The van der Waals surface area contributed by atoms with E-state index in [0.717, 1.165) is 0 Å². The Balaban J connectivity index is 3.08. The van der Waals surface area contributed by atoms with Crippen LogP contribution in [0.2, 0.25) is 0 Å². The highest BCUT2D eigenvalue weighted by Crippen LogP contribution is 2.22. The van der Waals surface area contributed by atoms with Gasteiger partial charge in [-0.2, -0.15) is 0 Å². The highest BCUT2D eigenvalue weighted by Gasteiger charge is 2.33. The van der Waals surface area contributed by atoms with Crippen LogP contribution in [0.5, 0.6) is 5.75 Å². The van der Waals surface area contributed by atoms with Crippen LogP contribution >= 0.6 is 0 Å². The van der Waals surface area contributed by atoms with Gasteiger partial charge in [0.1, 0.15) is 5.75 Å². The molecule has 0 spiro atoms. The van der Waals surface area contributed by atoms with Gasteiger partial charge in [-0.1, -0.05) is 12.1 Å². The summed E-state index contributed by atoms with van der Waals surface area (Å²) in [6, 6.07) is 6.70. The zero-order valence-corrected chi connectivity index (χ0v) is 8.65. The van der Waals surface area contributed by atoms with Gasteiger partial charge in [0.05, 0.1) is 7.11 Å². The number of hydrogen-bond acceptors (Lipinski definition) is 4. The lowest BCUT2D eigenvalue weighted by atomic mass is 9.93. The zero-order chi connectivity index (χ0) is 11.5. The number of hydrazine groups is 1. The quantitative estimate of drug-likeness (QED) is 0.496. The first kappa shape index (κ1) is 11.5. The van der Waals surface area contributed by atoms with E-state index in [4.69, 9.17) is 15.7 Å². The first-order valence-corrected chi connectivity index (χ1v) is 4.40. The number of carboxylic acids is 1. The summed E-state index contributed by atoms with van der Waals surface area (Å²) in [5, 5.41) is 9.04. The van der Waals surface area contributed by atoms with Gasteiger partial charge in [-0.15, -0.1) is 0 Å². The Morgan fingerprint density at radius 3 is 2.33 bits per heavy atom. The van der Waals surface area contributed by atoms with Gasteiger partial charge in [-0.05, 0) is 24.6 Å². The highest BCUT2D eigenvalue weighted by atomic mass is 16.5. The standard InChI is InChI=1S/C10H14N2O3/c1-10(12-11,9(13)14)7-3-5-8(15-2)6-4-7/h3-6,12H,11H2,1-2H3,(H,13,14). The van der Waals surface area contributed by atoms with Crippen molar-refractivity contribution < 1.29 is 14.6 Å². The number of carbonyl (C=O) groups is 1. The van der Waals surface area contributed by atoms with Gasteiger partial charge >= 0.3 is 5.97 Å². The summed E-state index contributed by atoms with van der Waals surface area (Å²) in [7, 11) is 1.55. The molecule has 0 heterocycles. The number of hydrogen-bond donors (Lipinski definition) is 3. The van der Waals surface area contributed by atoms with Crippen LogP contribution in [-0.2, 0) is 10.3 Å². The van der Waals surface area contributed by atoms with E-state index in [1.54, 1.807) is 31.4 Å². The van der Waals surface area contributed by atoms with E-state index in [1.807, 2.05) is 0 Å². The fraction of sp³-hybridized carbons (Fsp3) is 0.300. The lowest BCUT2D eigenvalue weighted by Crippen LogP contribution is -2.50. The maximum Gasteiger partial charge on any atom is 0.329 e. The monoisotopic (exact) mass is 210 g/mol. The van der Waals surface area contributed by atoms with Gasteiger partial charge in [0.15, 0.2) is 5.54 Å². The maximum atomic E-state index is 11.0. The summed E-state index contributed by atoms with van der Waals surface area (Å²) < 4.78 is 4.98. The van der Waals surface area contributed by atoms with Crippen molar-refractivity contribution in [3.8, 4) is 5.75 Å². The largest absolute Gasteiger partial charge is 0.497 e. The predicted octanol–water partition coefficient (Wildman–Crippen LogP) is 0.458. The van der Waals surface area contributed by atoms with Crippen LogP contribution < -0.4 is 16.0 Å². The Kier molecular flexibility index (Phi) is 3.28. The normalized spacial score (nSPS) is 14.3. The number of aliphatic carboxylic acids is 1. The molecule has 15 heavy (non-hydrogen) atoms. The smallest absolute Gasteiger partial charge is 0.329 e. The summed E-state index contributed by atoms with van der Waals surface area (Å²) in [4.78, 5) is 11.0. The van der Waals surface area contributed by atoms with Gasteiger partial charge in [-0.25, -0.2) is 10.2 Å². The first-order chi connectivity index (χ1) is 7.04. The van der Waals surface area contributed by atoms with Crippen LogP contribution in [0.15, 0.2) is 24.3 Å². The molecule has 1 aromatic carbocycles. The number of nitrogens with two attached hydrogens (primary N) is 1. The molecule has 1 aromatic rings. The lowest BCUT2D eigenvalue weighted by Gasteiger charge is -2.24. The average Bonchev–Trinajstić information content (AvgIpc) is 2.28. The van der Waals surface area contributed by atoms with Crippen molar-refractivity contribution in [3.63, 3.8) is 0 Å². The van der Waals surface area contributed by atoms with Gasteiger partial charge in [-0.3, -0.25) is 5.84 Å². The van der Waals surface area contributed by atoms with Crippen molar-refractivity contribution >= 4 is 5.97 Å². The third-order valence-corrected chi connectivity index (χ3v) is 2.38. The number of carboxylic acid groups (broad SMARTS) is 1. The van der Waals surface area contributed by atoms with Crippen molar-refractivity contribution in [1.82, 2.24) is 5.43 Å². The number of rotatable bonds is 4. The lowest BCUT2D eigenvalue weighted by molar-refractivity contribution is -0.144. The van der Waals surface area contributed by atoms with E-state index >= 15 is 0 Å². The summed E-state index contributed by atoms with van der Waals surface area (Å²) in [6.45, 7) is 1.50. The predicted molar refractivity (Wildman–Crippen MR) is 55.3 cm³/mol. The molecular weight excluding hydrogens is 196 g/mol. The SMILES string of the molecule is COc1ccc(C(C)(NN)C(=O)O)cc1. The molecule has 0 amide bonds. The van der Waals surface area contributed by atoms with Crippen LogP contribution in [0.25, 0.3) is 0 Å². The second kappa shape index (κ2) is 4.29. The molecule has 0 aliphatic rings. The third-order valence-electron chi connectivity index (χ3n) is 2.38. The molecule has 1 unspecified atom stereocenters. The molecule has 0 saturated heterocycles. The van der Waals surface area contributed by atoms with Gasteiger partial charge in [0.2, 0.25) is 0 Å². The fourth-order valence-corrected chi connectivity index (χ4v) is 1.19. The minimum Gasteiger partial charge on any atom is -0.497 e. The molecule has 1 atom stereocenters. The van der Waals surface area contributed by atoms with Crippen molar-refractivity contribution in [3.05, 3.63) is 29.8 Å². The Bertz CT molecular complexity index is 350. The van der Waals surface area contributed by atoms with Crippen LogP contribution in [0.4, 0.5) is 0 Å². The molecule has 0 aliphatic carbocycles. The van der Waals surface area contributed by atoms with E-state index in [9.17, 15) is 4.79 Å². The van der Waals surface area contributed by atoms with Gasteiger partial charge in [0, 0.05) is 0 Å². The minimum absolute atomic E-state index is 0.568. The topological polar surface area (TPSA) is 84.6 Å². The molecule has 5 nitrogen and oxygen atoms in total. The molecule has 82 valence electrons. The second-order valence-corrected chi connectivity index (χ2v) is 3.30. The molecular formula is C10H14N2O3. The van der Waals surface area contributed by atoms with E-state index in [0.29, 0.717) is 11.3 Å². The Labute approximate surface area is 87.8 Å². The summed E-state index contributed by atoms with van der Waals surface area (Å²) in [6.07, 6.45) is 0. The molecule has 0 fully saturated rings. The molecule has 0 aliphatic heterocycles. The van der Waals surface area contributed by atoms with Crippen LogP contribution in [0.1, 0.15) is 12.5 Å². The van der Waals surface area contributed by atoms with Crippen molar-refractivity contribution in [1.29, 1.82) is 0 Å². The second-order valence-electron chi connectivity index (χ2n) is 3.30. The number of methoxy groups -OCH3 is 1. The summed E-state index contributed by atoms with van der Waals surface area (Å²) >= 11 is 0. The molecule has 0 bridgehead atoms. The van der Waals surface area contributed by atoms with E-state index < -0.39 is 11.5 Å². The van der Waals surface area contributed by atoms with Crippen molar-refractivity contribution in [2.75, 3.05) is 7.11 Å². The fourth-order valence-electron chi connectivity index (χ4n) is 1.19. The van der Waals surface area contributed by atoms with Gasteiger partial charge in [0.25, 0.3) is 0 Å². The Hall–Kier alpha value is -1.59. The van der Waals surface area contributed by atoms with E-state index in [-0.39, 0.29) is 0 Å².